The van der Waals surface area contributed by atoms with Crippen LogP contribution in [0.25, 0.3) is 21.9 Å². The molecule has 6 heteroatoms. The van der Waals surface area contributed by atoms with E-state index in [0.717, 1.165) is 34.2 Å². The molecule has 0 aliphatic rings. The van der Waals surface area contributed by atoms with Gasteiger partial charge in [0.1, 0.15) is 17.9 Å². The number of aromatic nitrogens is 3. The van der Waals surface area contributed by atoms with Crippen LogP contribution in [0.15, 0.2) is 48.5 Å². The monoisotopic (exact) mass is 404 g/mol. The van der Waals surface area contributed by atoms with Crippen molar-refractivity contribution in [3.05, 3.63) is 65.5 Å². The van der Waals surface area contributed by atoms with E-state index in [4.69, 9.17) is 20.4 Å². The molecule has 0 fully saturated rings. The zero-order valence-corrected chi connectivity index (χ0v) is 17.7. The summed E-state index contributed by atoms with van der Waals surface area (Å²) in [7, 11) is 0. The molecule has 0 unspecified atom stereocenters. The Labute approximate surface area is 176 Å². The third-order valence-corrected chi connectivity index (χ3v) is 5.11. The second-order valence-corrected chi connectivity index (χ2v) is 8.23. The number of imidazole rings is 1. The first-order valence-electron chi connectivity index (χ1n) is 10.3. The Kier molecular flexibility index (Phi) is 5.45. The highest BCUT2D eigenvalue weighted by Crippen LogP contribution is 2.32. The molecular weight excluding hydrogens is 376 g/mol. The van der Waals surface area contributed by atoms with Gasteiger partial charge in [-0.25, -0.2) is 9.97 Å². The number of nitrogens with two attached hydrogens (primary N) is 1. The molecule has 0 saturated heterocycles. The molecule has 0 saturated carbocycles. The maximum atomic E-state index is 10.6. The van der Waals surface area contributed by atoms with Crippen LogP contribution in [0.5, 0.6) is 0 Å². The molecule has 2 heterocycles. The van der Waals surface area contributed by atoms with Gasteiger partial charge in [-0.1, -0.05) is 48.5 Å². The third-order valence-electron chi connectivity index (χ3n) is 5.11. The SMILES string of the molecule is CCOCc1nc2c(N)nc3c(Cc4ccccc4)cccc3c2n1CC(C)(C)O. The van der Waals surface area contributed by atoms with E-state index in [1.54, 1.807) is 13.8 Å². The van der Waals surface area contributed by atoms with Crippen LogP contribution in [0.3, 0.4) is 0 Å². The molecule has 0 amide bonds. The minimum absolute atomic E-state index is 0.353. The zero-order valence-electron chi connectivity index (χ0n) is 17.7. The molecule has 2 aromatic carbocycles. The quantitative estimate of drug-likeness (QED) is 0.485. The van der Waals surface area contributed by atoms with Crippen molar-refractivity contribution in [1.82, 2.24) is 14.5 Å². The average Bonchev–Trinajstić information content (AvgIpc) is 3.05. The Morgan fingerprint density at radius 3 is 2.50 bits per heavy atom. The summed E-state index contributed by atoms with van der Waals surface area (Å²) in [4.78, 5) is 9.47. The number of para-hydroxylation sites is 1. The highest BCUT2D eigenvalue weighted by Gasteiger charge is 2.23. The molecule has 6 nitrogen and oxygen atoms in total. The number of benzene rings is 2. The van der Waals surface area contributed by atoms with Crippen molar-refractivity contribution in [2.75, 3.05) is 12.3 Å². The predicted octanol–water partition coefficient (Wildman–Crippen LogP) is 4.06. The highest BCUT2D eigenvalue weighted by atomic mass is 16.5. The van der Waals surface area contributed by atoms with Gasteiger partial charge in [0.2, 0.25) is 0 Å². The smallest absolute Gasteiger partial charge is 0.152 e. The zero-order chi connectivity index (χ0) is 21.3. The Balaban J connectivity index is 1.95. The summed E-state index contributed by atoms with van der Waals surface area (Å²) in [6, 6.07) is 16.5. The van der Waals surface area contributed by atoms with Crippen molar-refractivity contribution in [2.45, 2.75) is 45.9 Å². The second-order valence-electron chi connectivity index (χ2n) is 8.23. The molecule has 3 N–H and O–H groups in total. The van der Waals surface area contributed by atoms with Gasteiger partial charge in [-0.2, -0.15) is 0 Å². The fourth-order valence-electron chi connectivity index (χ4n) is 3.86. The summed E-state index contributed by atoms with van der Waals surface area (Å²) in [6.45, 7) is 6.85. The summed E-state index contributed by atoms with van der Waals surface area (Å²) in [5.41, 5.74) is 10.2. The van der Waals surface area contributed by atoms with Crippen molar-refractivity contribution in [1.29, 1.82) is 0 Å². The van der Waals surface area contributed by atoms with E-state index in [2.05, 4.69) is 18.2 Å². The van der Waals surface area contributed by atoms with Gasteiger partial charge in [-0.3, -0.25) is 0 Å². The molecular formula is C24H28N4O2. The molecule has 2 aromatic heterocycles. The van der Waals surface area contributed by atoms with E-state index >= 15 is 0 Å². The van der Waals surface area contributed by atoms with Crippen LogP contribution in [-0.4, -0.2) is 31.8 Å². The minimum Gasteiger partial charge on any atom is -0.389 e. The van der Waals surface area contributed by atoms with Crippen molar-refractivity contribution in [3.63, 3.8) is 0 Å². The maximum Gasteiger partial charge on any atom is 0.152 e. The fraction of sp³-hybridized carbons (Fsp3) is 0.333. The number of hydrogen-bond acceptors (Lipinski definition) is 5. The molecule has 0 aliphatic carbocycles. The van der Waals surface area contributed by atoms with Crippen molar-refractivity contribution in [2.24, 2.45) is 0 Å². The van der Waals surface area contributed by atoms with E-state index in [1.165, 1.54) is 5.56 Å². The highest BCUT2D eigenvalue weighted by molar-refractivity contribution is 6.07. The number of fused-ring (bicyclic) bond motifs is 3. The molecule has 0 atom stereocenters. The largest absolute Gasteiger partial charge is 0.389 e. The number of pyridine rings is 1. The Morgan fingerprint density at radius 2 is 1.80 bits per heavy atom. The van der Waals surface area contributed by atoms with Crippen LogP contribution in [0.1, 0.15) is 37.7 Å². The molecule has 0 radical (unpaired) electrons. The number of anilines is 1. The van der Waals surface area contributed by atoms with Gasteiger partial charge >= 0.3 is 0 Å². The fourth-order valence-corrected chi connectivity index (χ4v) is 3.86. The van der Waals surface area contributed by atoms with Gasteiger partial charge < -0.3 is 20.1 Å². The van der Waals surface area contributed by atoms with E-state index < -0.39 is 5.60 Å². The topological polar surface area (TPSA) is 86.2 Å². The lowest BCUT2D eigenvalue weighted by atomic mass is 10.0. The van der Waals surface area contributed by atoms with Gasteiger partial charge in [-0.15, -0.1) is 0 Å². The number of rotatable bonds is 7. The Morgan fingerprint density at radius 1 is 1.03 bits per heavy atom. The number of ether oxygens (including phenoxy) is 1. The molecule has 156 valence electrons. The van der Waals surface area contributed by atoms with Crippen molar-refractivity contribution >= 4 is 27.8 Å². The lowest BCUT2D eigenvalue weighted by Crippen LogP contribution is -2.27. The van der Waals surface area contributed by atoms with E-state index in [9.17, 15) is 5.11 Å². The summed E-state index contributed by atoms with van der Waals surface area (Å²) >= 11 is 0. The minimum atomic E-state index is -0.916. The summed E-state index contributed by atoms with van der Waals surface area (Å²) < 4.78 is 7.66. The first kappa shape index (κ1) is 20.3. The molecule has 30 heavy (non-hydrogen) atoms. The first-order chi connectivity index (χ1) is 14.4. The van der Waals surface area contributed by atoms with Gasteiger partial charge in [0.05, 0.1) is 23.2 Å². The predicted molar refractivity (Wildman–Crippen MR) is 120 cm³/mol. The van der Waals surface area contributed by atoms with E-state index in [0.29, 0.717) is 31.1 Å². The van der Waals surface area contributed by atoms with Crippen LogP contribution < -0.4 is 5.73 Å². The lowest BCUT2D eigenvalue weighted by Gasteiger charge is -2.21. The summed E-state index contributed by atoms with van der Waals surface area (Å²) in [5, 5.41) is 11.5. The molecule has 0 aliphatic heterocycles. The third kappa shape index (κ3) is 4.01. The van der Waals surface area contributed by atoms with Crippen LogP contribution in [0.4, 0.5) is 5.82 Å². The number of nitrogens with zero attached hydrogens (tertiary/aromatic N) is 3. The van der Waals surface area contributed by atoms with Crippen molar-refractivity contribution < 1.29 is 9.84 Å². The van der Waals surface area contributed by atoms with Crippen LogP contribution in [0, 0.1) is 0 Å². The second kappa shape index (κ2) is 8.05. The average molecular weight is 405 g/mol. The lowest BCUT2D eigenvalue weighted by molar-refractivity contribution is 0.0582. The maximum absolute atomic E-state index is 10.6. The normalized spacial score (nSPS) is 12.1. The molecule has 0 spiro atoms. The van der Waals surface area contributed by atoms with Gasteiger partial charge in [0.15, 0.2) is 5.82 Å². The Bertz CT molecular complexity index is 1180. The Hall–Kier alpha value is -2.96. The van der Waals surface area contributed by atoms with E-state index in [-0.39, 0.29) is 0 Å². The number of nitrogen functional groups attached to an aromatic ring is 1. The first-order valence-corrected chi connectivity index (χ1v) is 10.3. The van der Waals surface area contributed by atoms with E-state index in [1.807, 2.05) is 41.8 Å². The molecule has 4 aromatic rings. The summed E-state index contributed by atoms with van der Waals surface area (Å²) in [5.74, 6) is 1.13. The van der Waals surface area contributed by atoms with Gasteiger partial charge in [0.25, 0.3) is 0 Å². The standard InChI is InChI=1S/C24H28N4O2/c1-4-30-14-19-26-21-22(28(19)15-24(2,3)29)18-12-8-11-17(20(18)27-23(21)25)13-16-9-6-5-7-10-16/h5-12,29H,4,13-15H2,1-3H3,(H2,25,27). The number of aliphatic hydroxyl groups is 1. The summed E-state index contributed by atoms with van der Waals surface area (Å²) in [6.07, 6.45) is 0.765. The van der Waals surface area contributed by atoms with Gasteiger partial charge in [0, 0.05) is 12.0 Å². The van der Waals surface area contributed by atoms with Crippen molar-refractivity contribution in [3.8, 4) is 0 Å². The molecule has 0 bridgehead atoms. The van der Waals surface area contributed by atoms with Crippen LogP contribution in [0.2, 0.25) is 0 Å². The van der Waals surface area contributed by atoms with Crippen LogP contribution >= 0.6 is 0 Å². The van der Waals surface area contributed by atoms with Gasteiger partial charge in [-0.05, 0) is 38.3 Å². The van der Waals surface area contributed by atoms with Crippen LogP contribution in [-0.2, 0) is 24.3 Å². The number of hydrogen-bond donors (Lipinski definition) is 2. The molecule has 4 rings (SSSR count).